The molecule has 2 aromatic rings. The Kier molecular flexibility index (Phi) is 5.81. The van der Waals surface area contributed by atoms with Gasteiger partial charge in [-0.25, -0.2) is 0 Å². The summed E-state index contributed by atoms with van der Waals surface area (Å²) in [5, 5.41) is 2.08. The van der Waals surface area contributed by atoms with Crippen LogP contribution in [0.15, 0.2) is 34.8 Å². The molecule has 1 heterocycles. The smallest absolute Gasteiger partial charge is 0.308 e. The summed E-state index contributed by atoms with van der Waals surface area (Å²) in [7, 11) is 3.03. The third-order valence-corrected chi connectivity index (χ3v) is 5.47. The molecule has 6 heteroatoms. The normalized spacial score (nSPS) is 15.1. The van der Waals surface area contributed by atoms with Gasteiger partial charge in [-0.15, -0.1) is 0 Å². The van der Waals surface area contributed by atoms with E-state index in [0.29, 0.717) is 25.9 Å². The molecule has 1 saturated heterocycles. The fourth-order valence-electron chi connectivity index (χ4n) is 3.51. The van der Waals surface area contributed by atoms with E-state index in [1.807, 2.05) is 35.2 Å². The van der Waals surface area contributed by atoms with E-state index in [2.05, 4.69) is 15.9 Å². The molecule has 1 aliphatic rings. The average molecular weight is 420 g/mol. The van der Waals surface area contributed by atoms with Crippen molar-refractivity contribution in [3.8, 4) is 5.75 Å². The summed E-state index contributed by atoms with van der Waals surface area (Å²) in [5.41, 5.74) is 0.901. The number of halogens is 1. The lowest BCUT2D eigenvalue weighted by molar-refractivity contribution is -0.148. The number of rotatable bonds is 4. The van der Waals surface area contributed by atoms with Crippen LogP contribution in [0.25, 0.3) is 10.8 Å². The number of likely N-dealkylation sites (tertiary alicyclic amines) is 1. The Morgan fingerprint density at radius 3 is 2.54 bits per heavy atom. The van der Waals surface area contributed by atoms with E-state index in [1.165, 1.54) is 7.11 Å². The van der Waals surface area contributed by atoms with Crippen LogP contribution in [0, 0.1) is 5.92 Å². The van der Waals surface area contributed by atoms with Gasteiger partial charge in [-0.1, -0.05) is 28.1 Å². The van der Waals surface area contributed by atoms with Crippen molar-refractivity contribution >= 4 is 38.6 Å². The quantitative estimate of drug-likeness (QED) is 0.710. The highest BCUT2D eigenvalue weighted by molar-refractivity contribution is 9.10. The molecule has 0 saturated carbocycles. The second kappa shape index (κ2) is 8.08. The number of hydrogen-bond donors (Lipinski definition) is 0. The van der Waals surface area contributed by atoms with Gasteiger partial charge in [0.15, 0.2) is 0 Å². The first-order chi connectivity index (χ1) is 12.5. The molecule has 26 heavy (non-hydrogen) atoms. The van der Waals surface area contributed by atoms with Crippen molar-refractivity contribution in [2.45, 2.75) is 19.3 Å². The fourth-order valence-corrected chi connectivity index (χ4v) is 3.89. The van der Waals surface area contributed by atoms with Gasteiger partial charge in [0, 0.05) is 23.1 Å². The van der Waals surface area contributed by atoms with Crippen molar-refractivity contribution in [2.24, 2.45) is 5.92 Å². The first kappa shape index (κ1) is 18.7. The lowest BCUT2D eigenvalue weighted by Gasteiger charge is -2.31. The molecule has 0 aromatic heterocycles. The highest BCUT2D eigenvalue weighted by Crippen LogP contribution is 2.31. The molecule has 0 radical (unpaired) electrons. The Labute approximate surface area is 161 Å². The van der Waals surface area contributed by atoms with E-state index in [1.54, 1.807) is 7.11 Å². The number of piperidine rings is 1. The SMILES string of the molecule is COC(=O)C1CCN(C(=O)Cc2c(OC)ccc3cc(Br)ccc23)CC1. The van der Waals surface area contributed by atoms with Crippen molar-refractivity contribution in [1.82, 2.24) is 4.90 Å². The van der Waals surface area contributed by atoms with E-state index in [4.69, 9.17) is 9.47 Å². The van der Waals surface area contributed by atoms with E-state index >= 15 is 0 Å². The van der Waals surface area contributed by atoms with Crippen LogP contribution in [0.3, 0.4) is 0 Å². The van der Waals surface area contributed by atoms with Crippen LogP contribution in [-0.4, -0.2) is 44.1 Å². The highest BCUT2D eigenvalue weighted by atomic mass is 79.9. The van der Waals surface area contributed by atoms with Crippen LogP contribution in [0.4, 0.5) is 0 Å². The van der Waals surface area contributed by atoms with E-state index in [-0.39, 0.29) is 24.2 Å². The minimum atomic E-state index is -0.182. The van der Waals surface area contributed by atoms with Crippen LogP contribution in [0.2, 0.25) is 0 Å². The van der Waals surface area contributed by atoms with Gasteiger partial charge in [0.1, 0.15) is 5.75 Å². The predicted molar refractivity (Wildman–Crippen MR) is 103 cm³/mol. The first-order valence-electron chi connectivity index (χ1n) is 8.64. The standard InChI is InChI=1S/C20H22BrNO4/c1-25-18-6-3-14-11-15(21)4-5-16(14)17(18)12-19(23)22-9-7-13(8-10-22)20(24)26-2/h3-6,11,13H,7-10,12H2,1-2H3. The molecule has 2 aromatic carbocycles. The number of amides is 1. The second-order valence-electron chi connectivity index (χ2n) is 6.47. The molecule has 138 valence electrons. The second-order valence-corrected chi connectivity index (χ2v) is 7.38. The Morgan fingerprint density at radius 2 is 1.88 bits per heavy atom. The third kappa shape index (κ3) is 3.85. The molecular weight excluding hydrogens is 398 g/mol. The molecule has 1 fully saturated rings. The van der Waals surface area contributed by atoms with Crippen LogP contribution < -0.4 is 4.74 Å². The fraction of sp³-hybridized carbons (Fsp3) is 0.400. The predicted octanol–water partition coefficient (Wildman–Crippen LogP) is 3.57. The van der Waals surface area contributed by atoms with Gasteiger partial charge in [0.25, 0.3) is 0 Å². The maximum Gasteiger partial charge on any atom is 0.308 e. The number of fused-ring (bicyclic) bond motifs is 1. The number of nitrogens with zero attached hydrogens (tertiary/aromatic N) is 1. The molecule has 5 nitrogen and oxygen atoms in total. The van der Waals surface area contributed by atoms with Gasteiger partial charge in [0.2, 0.25) is 5.91 Å². The number of ether oxygens (including phenoxy) is 2. The van der Waals surface area contributed by atoms with Crippen LogP contribution in [-0.2, 0) is 20.7 Å². The average Bonchev–Trinajstić information content (AvgIpc) is 2.67. The maximum atomic E-state index is 12.8. The van der Waals surface area contributed by atoms with E-state index in [0.717, 1.165) is 26.6 Å². The van der Waals surface area contributed by atoms with Gasteiger partial charge >= 0.3 is 5.97 Å². The van der Waals surface area contributed by atoms with Crippen molar-refractivity contribution in [3.63, 3.8) is 0 Å². The van der Waals surface area contributed by atoms with Crippen LogP contribution >= 0.6 is 15.9 Å². The number of carbonyl (C=O) groups excluding carboxylic acids is 2. The zero-order valence-corrected chi connectivity index (χ0v) is 16.5. The Bertz CT molecular complexity index is 828. The largest absolute Gasteiger partial charge is 0.496 e. The summed E-state index contributed by atoms with van der Waals surface area (Å²) in [6, 6.07) is 9.91. The number of methoxy groups -OCH3 is 2. The topological polar surface area (TPSA) is 55.8 Å². The van der Waals surface area contributed by atoms with Crippen LogP contribution in [0.5, 0.6) is 5.75 Å². The van der Waals surface area contributed by atoms with Gasteiger partial charge in [0.05, 0.1) is 26.6 Å². The minimum Gasteiger partial charge on any atom is -0.496 e. The van der Waals surface area contributed by atoms with Crippen molar-refractivity contribution in [1.29, 1.82) is 0 Å². The molecule has 0 spiro atoms. The van der Waals surface area contributed by atoms with Crippen molar-refractivity contribution in [2.75, 3.05) is 27.3 Å². The number of carbonyl (C=O) groups is 2. The van der Waals surface area contributed by atoms with E-state index in [9.17, 15) is 9.59 Å². The summed E-state index contributed by atoms with van der Waals surface area (Å²) < 4.78 is 11.3. The summed E-state index contributed by atoms with van der Waals surface area (Å²) in [5.74, 6) is 0.492. The summed E-state index contributed by atoms with van der Waals surface area (Å²) in [6.07, 6.45) is 1.58. The Hall–Kier alpha value is -2.08. The highest BCUT2D eigenvalue weighted by Gasteiger charge is 2.28. The first-order valence-corrected chi connectivity index (χ1v) is 9.43. The molecule has 0 atom stereocenters. The number of hydrogen-bond acceptors (Lipinski definition) is 4. The van der Waals surface area contributed by atoms with Gasteiger partial charge < -0.3 is 14.4 Å². The summed E-state index contributed by atoms with van der Waals surface area (Å²) >= 11 is 3.48. The molecule has 0 aliphatic carbocycles. The third-order valence-electron chi connectivity index (χ3n) is 4.98. The Morgan fingerprint density at radius 1 is 1.15 bits per heavy atom. The molecule has 0 bridgehead atoms. The molecule has 0 N–H and O–H groups in total. The monoisotopic (exact) mass is 419 g/mol. The molecule has 1 amide bonds. The molecular formula is C20H22BrNO4. The molecule has 1 aliphatic heterocycles. The van der Waals surface area contributed by atoms with Gasteiger partial charge in [-0.3, -0.25) is 9.59 Å². The summed E-state index contributed by atoms with van der Waals surface area (Å²) in [6.45, 7) is 1.16. The lowest BCUT2D eigenvalue weighted by atomic mass is 9.95. The zero-order valence-electron chi connectivity index (χ0n) is 15.0. The van der Waals surface area contributed by atoms with Gasteiger partial charge in [-0.2, -0.15) is 0 Å². The number of benzene rings is 2. The van der Waals surface area contributed by atoms with Crippen LogP contribution in [0.1, 0.15) is 18.4 Å². The lowest BCUT2D eigenvalue weighted by Crippen LogP contribution is -2.41. The van der Waals surface area contributed by atoms with Crippen molar-refractivity contribution < 1.29 is 19.1 Å². The van der Waals surface area contributed by atoms with Gasteiger partial charge in [-0.05, 0) is 41.8 Å². The molecule has 0 unspecified atom stereocenters. The molecule has 3 rings (SSSR count). The summed E-state index contributed by atoms with van der Waals surface area (Å²) in [4.78, 5) is 26.3. The number of esters is 1. The van der Waals surface area contributed by atoms with Crippen molar-refractivity contribution in [3.05, 3.63) is 40.4 Å². The maximum absolute atomic E-state index is 12.8. The zero-order chi connectivity index (χ0) is 18.7. The Balaban J connectivity index is 1.78. The van der Waals surface area contributed by atoms with E-state index < -0.39 is 0 Å². The minimum absolute atomic E-state index is 0.0574.